The second-order valence-electron chi connectivity index (χ2n) is 3.44. The van der Waals surface area contributed by atoms with E-state index < -0.39 is 17.3 Å². The van der Waals surface area contributed by atoms with Crippen LogP contribution in [0.3, 0.4) is 0 Å². The summed E-state index contributed by atoms with van der Waals surface area (Å²) in [6.07, 6.45) is -2.70. The van der Waals surface area contributed by atoms with Gasteiger partial charge in [-0.15, -0.1) is 0 Å². The van der Waals surface area contributed by atoms with E-state index in [2.05, 4.69) is 0 Å². The Kier molecular flexibility index (Phi) is 3.89. The highest BCUT2D eigenvalue weighted by molar-refractivity contribution is 5.47. The molecule has 0 spiro atoms. The van der Waals surface area contributed by atoms with Crippen LogP contribution in [0.1, 0.15) is 17.0 Å². The molecule has 2 N–H and O–H groups in total. The number of nitrogens with zero attached hydrogens (tertiary/aromatic N) is 1. The van der Waals surface area contributed by atoms with Crippen molar-refractivity contribution in [3.05, 3.63) is 39.4 Å². The lowest BCUT2D eigenvalue weighted by atomic mass is 9.93. The zero-order chi connectivity index (χ0) is 12.3. The van der Waals surface area contributed by atoms with Crippen LogP contribution in [0, 0.1) is 17.0 Å². The van der Waals surface area contributed by atoms with Crippen molar-refractivity contribution in [1.82, 2.24) is 0 Å². The molecule has 0 heterocycles. The molecule has 0 fully saturated rings. The number of nitrogens with two attached hydrogens (primary N) is 1. The van der Waals surface area contributed by atoms with Gasteiger partial charge in [0.25, 0.3) is 5.69 Å². The van der Waals surface area contributed by atoms with E-state index in [-0.39, 0.29) is 17.8 Å². The molecule has 0 saturated heterocycles. The molecule has 1 atom stereocenters. The molecule has 0 amide bonds. The third-order valence-electron chi connectivity index (χ3n) is 2.43. The molecular formula is C10H12F2N2O2. The Morgan fingerprint density at radius 2 is 2.12 bits per heavy atom. The first kappa shape index (κ1) is 12.5. The minimum absolute atomic E-state index is 0.0324. The Bertz CT molecular complexity index is 396. The zero-order valence-electron chi connectivity index (χ0n) is 8.69. The molecule has 0 aliphatic rings. The summed E-state index contributed by atoms with van der Waals surface area (Å²) in [5.74, 6) is -1.29. The standard InChI is InChI=1S/C10H12F2N2O2/c1-6-3-2-4-8(14(15)16)9(6)7(5-13)10(11)12/h2-4,7,10H,5,13H2,1H3. The maximum atomic E-state index is 12.7. The fraction of sp³-hybridized carbons (Fsp3) is 0.400. The van der Waals surface area contributed by atoms with Gasteiger partial charge in [-0.3, -0.25) is 10.1 Å². The lowest BCUT2D eigenvalue weighted by molar-refractivity contribution is -0.385. The quantitative estimate of drug-likeness (QED) is 0.636. The molecule has 16 heavy (non-hydrogen) atoms. The van der Waals surface area contributed by atoms with Crippen molar-refractivity contribution in [2.45, 2.75) is 19.3 Å². The van der Waals surface area contributed by atoms with Crippen LogP contribution < -0.4 is 5.73 Å². The molecular weight excluding hydrogens is 218 g/mol. The minimum atomic E-state index is -2.70. The van der Waals surface area contributed by atoms with Gasteiger partial charge < -0.3 is 5.73 Å². The van der Waals surface area contributed by atoms with E-state index in [1.54, 1.807) is 13.0 Å². The number of hydrogen-bond acceptors (Lipinski definition) is 3. The third kappa shape index (κ3) is 2.33. The zero-order valence-corrected chi connectivity index (χ0v) is 8.69. The smallest absolute Gasteiger partial charge is 0.273 e. The molecule has 0 aliphatic carbocycles. The van der Waals surface area contributed by atoms with Crippen LogP contribution >= 0.6 is 0 Å². The second-order valence-corrected chi connectivity index (χ2v) is 3.44. The summed E-state index contributed by atoms with van der Waals surface area (Å²) in [6.45, 7) is 1.25. The first-order chi connectivity index (χ1) is 7.49. The second kappa shape index (κ2) is 4.98. The molecule has 88 valence electrons. The molecule has 0 aromatic heterocycles. The number of hydrogen-bond donors (Lipinski definition) is 1. The van der Waals surface area contributed by atoms with Gasteiger partial charge in [0.05, 0.1) is 10.8 Å². The van der Waals surface area contributed by atoms with Gasteiger partial charge in [0.2, 0.25) is 6.43 Å². The molecule has 0 bridgehead atoms. The van der Waals surface area contributed by atoms with E-state index in [0.717, 1.165) is 0 Å². The molecule has 1 rings (SSSR count). The average Bonchev–Trinajstić information content (AvgIpc) is 2.20. The van der Waals surface area contributed by atoms with Gasteiger partial charge in [-0.05, 0) is 12.5 Å². The van der Waals surface area contributed by atoms with Crippen molar-refractivity contribution in [1.29, 1.82) is 0 Å². The highest BCUT2D eigenvalue weighted by Gasteiger charge is 2.29. The van der Waals surface area contributed by atoms with Crippen molar-refractivity contribution in [3.63, 3.8) is 0 Å². The van der Waals surface area contributed by atoms with E-state index >= 15 is 0 Å². The Labute approximate surface area is 91.2 Å². The summed E-state index contributed by atoms with van der Waals surface area (Å²) in [5.41, 5.74) is 5.44. The van der Waals surface area contributed by atoms with Crippen LogP contribution in [0.2, 0.25) is 0 Å². The molecule has 0 saturated carbocycles. The van der Waals surface area contributed by atoms with Gasteiger partial charge in [0, 0.05) is 18.2 Å². The largest absolute Gasteiger partial charge is 0.330 e. The Morgan fingerprint density at radius 1 is 1.50 bits per heavy atom. The fourth-order valence-corrected chi connectivity index (χ4v) is 1.65. The van der Waals surface area contributed by atoms with Gasteiger partial charge in [-0.25, -0.2) is 8.78 Å². The summed E-state index contributed by atoms with van der Waals surface area (Å²) < 4.78 is 25.4. The van der Waals surface area contributed by atoms with Crippen LogP contribution in [0.25, 0.3) is 0 Å². The van der Waals surface area contributed by atoms with E-state index in [4.69, 9.17) is 5.73 Å². The van der Waals surface area contributed by atoms with Gasteiger partial charge in [-0.2, -0.15) is 0 Å². The van der Waals surface area contributed by atoms with Crippen LogP contribution in [-0.4, -0.2) is 17.9 Å². The first-order valence-corrected chi connectivity index (χ1v) is 4.71. The Morgan fingerprint density at radius 3 is 2.56 bits per heavy atom. The number of rotatable bonds is 4. The normalized spacial score (nSPS) is 12.8. The van der Waals surface area contributed by atoms with E-state index in [9.17, 15) is 18.9 Å². The number of aryl methyl sites for hydroxylation is 1. The average molecular weight is 230 g/mol. The summed E-state index contributed by atoms with van der Waals surface area (Å²) in [5, 5.41) is 10.7. The SMILES string of the molecule is Cc1cccc([N+](=O)[O-])c1C(CN)C(F)F. The maximum absolute atomic E-state index is 12.7. The van der Waals surface area contributed by atoms with Crippen molar-refractivity contribution >= 4 is 5.69 Å². The van der Waals surface area contributed by atoms with Crippen LogP contribution in [-0.2, 0) is 0 Å². The van der Waals surface area contributed by atoms with Crippen molar-refractivity contribution in [2.24, 2.45) is 5.73 Å². The molecule has 1 unspecified atom stereocenters. The van der Waals surface area contributed by atoms with Crippen molar-refractivity contribution < 1.29 is 13.7 Å². The van der Waals surface area contributed by atoms with Crippen LogP contribution in [0.5, 0.6) is 0 Å². The Hall–Kier alpha value is -1.56. The summed E-state index contributed by atoms with van der Waals surface area (Å²) in [4.78, 5) is 10.1. The number of nitro benzene ring substituents is 1. The van der Waals surface area contributed by atoms with E-state index in [1.807, 2.05) is 0 Å². The predicted octanol–water partition coefficient (Wildman–Crippen LogP) is 2.21. The first-order valence-electron chi connectivity index (χ1n) is 4.71. The fourth-order valence-electron chi connectivity index (χ4n) is 1.65. The molecule has 0 aliphatic heterocycles. The summed E-state index contributed by atoms with van der Waals surface area (Å²) in [7, 11) is 0. The van der Waals surface area contributed by atoms with Crippen LogP contribution in [0.4, 0.5) is 14.5 Å². The maximum Gasteiger partial charge on any atom is 0.273 e. The predicted molar refractivity (Wildman–Crippen MR) is 55.6 cm³/mol. The molecule has 1 aromatic rings. The lowest BCUT2D eigenvalue weighted by Gasteiger charge is -2.16. The third-order valence-corrected chi connectivity index (χ3v) is 2.43. The minimum Gasteiger partial charge on any atom is -0.330 e. The highest BCUT2D eigenvalue weighted by atomic mass is 19.3. The van der Waals surface area contributed by atoms with Crippen molar-refractivity contribution in [3.8, 4) is 0 Å². The number of nitro groups is 1. The van der Waals surface area contributed by atoms with Gasteiger partial charge in [0.1, 0.15) is 0 Å². The Balaban J connectivity index is 3.34. The molecule has 1 aromatic carbocycles. The van der Waals surface area contributed by atoms with Crippen LogP contribution in [0.15, 0.2) is 18.2 Å². The van der Waals surface area contributed by atoms with Gasteiger partial charge >= 0.3 is 0 Å². The number of halogens is 2. The highest BCUT2D eigenvalue weighted by Crippen LogP contribution is 2.32. The van der Waals surface area contributed by atoms with E-state index in [0.29, 0.717) is 5.56 Å². The molecule has 4 nitrogen and oxygen atoms in total. The van der Waals surface area contributed by atoms with Gasteiger partial charge in [-0.1, -0.05) is 12.1 Å². The molecule has 0 radical (unpaired) electrons. The van der Waals surface area contributed by atoms with Crippen molar-refractivity contribution in [2.75, 3.05) is 6.54 Å². The number of alkyl halides is 2. The summed E-state index contributed by atoms with van der Waals surface area (Å²) in [6, 6.07) is 4.25. The molecule has 6 heteroatoms. The van der Waals surface area contributed by atoms with E-state index in [1.165, 1.54) is 12.1 Å². The topological polar surface area (TPSA) is 69.2 Å². The number of benzene rings is 1. The monoisotopic (exact) mass is 230 g/mol. The summed E-state index contributed by atoms with van der Waals surface area (Å²) >= 11 is 0. The van der Waals surface area contributed by atoms with Gasteiger partial charge in [0.15, 0.2) is 0 Å². The lowest BCUT2D eigenvalue weighted by Crippen LogP contribution is -2.21.